The average Bonchev–Trinajstić information content (AvgIpc) is 2.65. The molecule has 2 aromatic rings. The number of hydrogen-bond donors (Lipinski definition) is 3. The number of rotatable bonds is 2. The second kappa shape index (κ2) is 5.69. The van der Waals surface area contributed by atoms with Crippen LogP contribution in [0.3, 0.4) is 0 Å². The van der Waals surface area contributed by atoms with Gasteiger partial charge in [-0.05, 0) is 6.07 Å². The Morgan fingerprint density at radius 2 is 1.77 bits per heavy atom. The van der Waals surface area contributed by atoms with E-state index in [1.54, 1.807) is 12.1 Å². The summed E-state index contributed by atoms with van der Waals surface area (Å²) >= 11 is 0. The number of anilines is 1. The number of para-hydroxylation sites is 1. The summed E-state index contributed by atoms with van der Waals surface area (Å²) in [5, 5.41) is 13.7. The average molecular weight is 295 g/mol. The number of benzodiazepines with no additional fused rings is 1. The third kappa shape index (κ3) is 2.67. The van der Waals surface area contributed by atoms with E-state index in [4.69, 9.17) is 5.11 Å². The lowest BCUT2D eigenvalue weighted by Crippen LogP contribution is -2.41. The zero-order chi connectivity index (χ0) is 15.5. The summed E-state index contributed by atoms with van der Waals surface area (Å²) in [6.45, 7) is 0. The summed E-state index contributed by atoms with van der Waals surface area (Å²) in [5.74, 6) is -0.513. The van der Waals surface area contributed by atoms with Gasteiger partial charge >= 0.3 is 6.09 Å². The lowest BCUT2D eigenvalue weighted by Gasteiger charge is -2.10. The van der Waals surface area contributed by atoms with Gasteiger partial charge in [0, 0.05) is 11.1 Å². The molecule has 3 rings (SSSR count). The lowest BCUT2D eigenvalue weighted by molar-refractivity contribution is -0.117. The third-order valence-electron chi connectivity index (χ3n) is 3.25. The number of nitrogens with one attached hydrogen (secondary N) is 2. The molecule has 1 aliphatic rings. The van der Waals surface area contributed by atoms with Gasteiger partial charge in [0.2, 0.25) is 6.17 Å². The minimum absolute atomic E-state index is 0.513. The smallest absolute Gasteiger partial charge is 0.406 e. The molecule has 0 aromatic heterocycles. The molecule has 2 aromatic carbocycles. The normalized spacial score (nSPS) is 16.8. The van der Waals surface area contributed by atoms with Crippen LogP contribution in [-0.4, -0.2) is 29.0 Å². The number of aliphatic imine (C=N–C) groups is 1. The number of carboxylic acid groups (broad SMARTS) is 1. The van der Waals surface area contributed by atoms with Gasteiger partial charge in [0.25, 0.3) is 5.91 Å². The number of carbonyl (C=O) groups excluding carboxylic acids is 1. The molecule has 0 saturated carbocycles. The minimum Gasteiger partial charge on any atom is -0.465 e. The molecule has 0 saturated heterocycles. The first-order valence-electron chi connectivity index (χ1n) is 6.68. The molecule has 22 heavy (non-hydrogen) atoms. The van der Waals surface area contributed by atoms with E-state index < -0.39 is 18.2 Å². The highest BCUT2D eigenvalue weighted by Crippen LogP contribution is 2.23. The van der Waals surface area contributed by atoms with Crippen LogP contribution in [0.2, 0.25) is 0 Å². The van der Waals surface area contributed by atoms with Crippen molar-refractivity contribution in [1.29, 1.82) is 0 Å². The quantitative estimate of drug-likeness (QED) is 0.792. The van der Waals surface area contributed by atoms with Crippen LogP contribution in [0.4, 0.5) is 10.5 Å². The van der Waals surface area contributed by atoms with Crippen molar-refractivity contribution in [3.63, 3.8) is 0 Å². The van der Waals surface area contributed by atoms with E-state index in [2.05, 4.69) is 15.6 Å². The lowest BCUT2D eigenvalue weighted by atomic mass is 10.0. The van der Waals surface area contributed by atoms with Gasteiger partial charge in [0.15, 0.2) is 0 Å². The second-order valence-corrected chi connectivity index (χ2v) is 4.73. The molecule has 0 aliphatic carbocycles. The molecule has 6 heteroatoms. The Hall–Kier alpha value is -3.15. The van der Waals surface area contributed by atoms with Gasteiger partial charge in [-0.1, -0.05) is 48.5 Å². The van der Waals surface area contributed by atoms with Gasteiger partial charge in [-0.25, -0.2) is 9.79 Å². The van der Waals surface area contributed by atoms with Crippen LogP contribution in [0.25, 0.3) is 0 Å². The van der Waals surface area contributed by atoms with E-state index in [0.717, 1.165) is 11.1 Å². The fourth-order valence-corrected chi connectivity index (χ4v) is 2.30. The Kier molecular flexibility index (Phi) is 3.57. The first-order chi connectivity index (χ1) is 10.6. The summed E-state index contributed by atoms with van der Waals surface area (Å²) in [6.07, 6.45) is -2.50. The first kappa shape index (κ1) is 13.8. The van der Waals surface area contributed by atoms with Crippen molar-refractivity contribution in [3.05, 3.63) is 65.7 Å². The molecule has 1 aliphatic heterocycles. The van der Waals surface area contributed by atoms with E-state index >= 15 is 0 Å². The maximum absolute atomic E-state index is 12.1. The van der Waals surface area contributed by atoms with Gasteiger partial charge in [-0.2, -0.15) is 0 Å². The van der Waals surface area contributed by atoms with Crippen molar-refractivity contribution in [1.82, 2.24) is 5.32 Å². The molecular weight excluding hydrogens is 282 g/mol. The first-order valence-corrected chi connectivity index (χ1v) is 6.68. The molecule has 0 radical (unpaired) electrons. The molecular formula is C16H13N3O3. The molecule has 1 heterocycles. The highest BCUT2D eigenvalue weighted by Gasteiger charge is 2.26. The monoisotopic (exact) mass is 295 g/mol. The molecule has 0 fully saturated rings. The van der Waals surface area contributed by atoms with Gasteiger partial charge in [0.1, 0.15) is 0 Å². The van der Waals surface area contributed by atoms with Gasteiger partial charge < -0.3 is 10.4 Å². The van der Waals surface area contributed by atoms with Crippen LogP contribution in [0.15, 0.2) is 59.6 Å². The van der Waals surface area contributed by atoms with E-state index in [1.165, 1.54) is 0 Å². The molecule has 2 amide bonds. The number of nitrogens with zero attached hydrogens (tertiary/aromatic N) is 1. The summed E-state index contributed by atoms with van der Waals surface area (Å²) in [5.41, 5.74) is 2.72. The molecule has 6 nitrogen and oxygen atoms in total. The van der Waals surface area contributed by atoms with Crippen molar-refractivity contribution in [3.8, 4) is 0 Å². The maximum atomic E-state index is 12.1. The van der Waals surface area contributed by atoms with Crippen molar-refractivity contribution in [2.24, 2.45) is 4.99 Å². The van der Waals surface area contributed by atoms with E-state index in [-0.39, 0.29) is 0 Å². The van der Waals surface area contributed by atoms with Gasteiger partial charge in [-0.15, -0.1) is 0 Å². The molecule has 1 atom stereocenters. The Morgan fingerprint density at radius 3 is 2.50 bits per heavy atom. The largest absolute Gasteiger partial charge is 0.465 e. The Bertz CT molecular complexity index is 756. The van der Waals surface area contributed by atoms with Crippen LogP contribution in [0.5, 0.6) is 0 Å². The number of benzene rings is 2. The van der Waals surface area contributed by atoms with E-state index in [1.807, 2.05) is 42.5 Å². The van der Waals surface area contributed by atoms with E-state index in [9.17, 15) is 9.59 Å². The number of carbonyl (C=O) groups is 2. The van der Waals surface area contributed by atoms with Crippen molar-refractivity contribution < 1.29 is 14.7 Å². The zero-order valence-electron chi connectivity index (χ0n) is 11.5. The zero-order valence-corrected chi connectivity index (χ0v) is 11.5. The van der Waals surface area contributed by atoms with Crippen LogP contribution in [-0.2, 0) is 4.79 Å². The van der Waals surface area contributed by atoms with Crippen LogP contribution < -0.4 is 10.6 Å². The van der Waals surface area contributed by atoms with Crippen molar-refractivity contribution in [2.45, 2.75) is 6.17 Å². The van der Waals surface area contributed by atoms with Crippen molar-refractivity contribution in [2.75, 3.05) is 5.32 Å². The standard InChI is InChI=1S/C16H13N3O3/c20-15-14(19-16(21)22)18-13(10-6-2-1-3-7-10)11-8-4-5-9-12(11)17-15/h1-9,14,19H,(H,17,20)(H,21,22)/t14-/m1/s1. The van der Waals surface area contributed by atoms with Gasteiger partial charge in [0.05, 0.1) is 11.4 Å². The Balaban J connectivity index is 2.15. The maximum Gasteiger partial charge on any atom is 0.406 e. The summed E-state index contributed by atoms with van der Waals surface area (Å²) in [4.78, 5) is 27.3. The van der Waals surface area contributed by atoms with E-state index in [0.29, 0.717) is 11.4 Å². The summed E-state index contributed by atoms with van der Waals surface area (Å²) in [7, 11) is 0. The third-order valence-corrected chi connectivity index (χ3v) is 3.25. The van der Waals surface area contributed by atoms with Gasteiger partial charge in [-0.3, -0.25) is 10.1 Å². The second-order valence-electron chi connectivity index (χ2n) is 4.73. The van der Waals surface area contributed by atoms with Crippen LogP contribution in [0.1, 0.15) is 11.1 Å². The Labute approximate surface area is 126 Å². The molecule has 0 spiro atoms. The topological polar surface area (TPSA) is 90.8 Å². The fraction of sp³-hybridized carbons (Fsp3) is 0.0625. The van der Waals surface area contributed by atoms with Crippen LogP contribution in [0, 0.1) is 0 Å². The molecule has 3 N–H and O–H groups in total. The number of fused-ring (bicyclic) bond motifs is 1. The highest BCUT2D eigenvalue weighted by atomic mass is 16.4. The summed E-state index contributed by atoms with van der Waals surface area (Å²) < 4.78 is 0. The number of amides is 2. The Morgan fingerprint density at radius 1 is 1.09 bits per heavy atom. The minimum atomic E-state index is -1.30. The molecule has 0 unspecified atom stereocenters. The highest BCUT2D eigenvalue weighted by molar-refractivity contribution is 6.19. The predicted octanol–water partition coefficient (Wildman–Crippen LogP) is 2.07. The van der Waals surface area contributed by atoms with Crippen LogP contribution >= 0.6 is 0 Å². The summed E-state index contributed by atoms with van der Waals surface area (Å²) in [6, 6.07) is 16.6. The SMILES string of the molecule is O=C(O)N[C@H]1N=C(c2ccccc2)c2ccccc2NC1=O. The number of hydrogen-bond acceptors (Lipinski definition) is 3. The fourth-order valence-electron chi connectivity index (χ4n) is 2.30. The molecule has 0 bridgehead atoms. The molecule has 110 valence electrons. The van der Waals surface area contributed by atoms with Crippen molar-refractivity contribution >= 4 is 23.4 Å². The predicted molar refractivity (Wildman–Crippen MR) is 82.1 cm³/mol.